The number of carbonyl (C=O) groups is 2. The zero-order chi connectivity index (χ0) is 18.5. The van der Waals surface area contributed by atoms with Crippen molar-refractivity contribution in [1.82, 2.24) is 10.3 Å². The van der Waals surface area contributed by atoms with E-state index in [1.165, 1.54) is 0 Å². The molecule has 0 amide bonds. The van der Waals surface area contributed by atoms with Crippen LogP contribution in [0.15, 0.2) is 54.7 Å². The van der Waals surface area contributed by atoms with Gasteiger partial charge in [0.2, 0.25) is 0 Å². The van der Waals surface area contributed by atoms with E-state index in [0.29, 0.717) is 23.6 Å². The number of H-pyrrole nitrogens is 1. The number of para-hydroxylation sites is 1. The third-order valence-corrected chi connectivity index (χ3v) is 4.57. The van der Waals surface area contributed by atoms with Gasteiger partial charge < -0.3 is 15.4 Å². The molecule has 3 rings (SSSR count). The molecule has 3 aromatic rings. The van der Waals surface area contributed by atoms with Crippen LogP contribution in [0.2, 0.25) is 5.02 Å². The molecule has 0 aliphatic rings. The van der Waals surface area contributed by atoms with Crippen LogP contribution in [-0.4, -0.2) is 34.4 Å². The molecule has 0 fully saturated rings. The van der Waals surface area contributed by atoms with E-state index >= 15 is 0 Å². The highest BCUT2D eigenvalue weighted by Crippen LogP contribution is 2.18. The molecule has 26 heavy (non-hydrogen) atoms. The number of fused-ring (bicyclic) bond motifs is 1. The molecular weight excluding hydrogens is 352 g/mol. The molecule has 0 aliphatic heterocycles. The van der Waals surface area contributed by atoms with Gasteiger partial charge in [0, 0.05) is 40.7 Å². The van der Waals surface area contributed by atoms with Gasteiger partial charge in [0.05, 0.1) is 0 Å². The number of ketones is 1. The number of halogens is 1. The lowest BCUT2D eigenvalue weighted by Gasteiger charge is -2.13. The third-order valence-electron chi connectivity index (χ3n) is 4.31. The summed E-state index contributed by atoms with van der Waals surface area (Å²) in [7, 11) is 0. The number of Topliss-reactive ketones (excluding diaryl/α,β-unsaturated/α-hetero) is 1. The molecule has 0 spiro atoms. The summed E-state index contributed by atoms with van der Waals surface area (Å²) in [6.45, 7) is 0.465. The first-order valence-corrected chi connectivity index (χ1v) is 8.72. The highest BCUT2D eigenvalue weighted by atomic mass is 35.5. The van der Waals surface area contributed by atoms with Crippen molar-refractivity contribution in [3.8, 4) is 0 Å². The molecule has 0 saturated carbocycles. The number of benzene rings is 2. The van der Waals surface area contributed by atoms with Gasteiger partial charge in [-0.3, -0.25) is 9.59 Å². The molecule has 5 nitrogen and oxygen atoms in total. The summed E-state index contributed by atoms with van der Waals surface area (Å²) < 4.78 is 0. The fourth-order valence-corrected chi connectivity index (χ4v) is 3.03. The number of carboxylic acids is 1. The Balaban J connectivity index is 1.59. The monoisotopic (exact) mass is 370 g/mol. The Kier molecular flexibility index (Phi) is 5.71. The lowest BCUT2D eigenvalue weighted by Crippen LogP contribution is -2.39. The second-order valence-corrected chi connectivity index (χ2v) is 6.53. The average Bonchev–Trinajstić information content (AvgIpc) is 3.04. The zero-order valence-electron chi connectivity index (χ0n) is 14.0. The molecule has 0 saturated heterocycles. The molecule has 1 heterocycles. The number of aromatic nitrogens is 1. The number of nitrogens with one attached hydrogen (secondary N) is 2. The minimum atomic E-state index is -1.04. The number of aromatic amines is 1. The van der Waals surface area contributed by atoms with Crippen molar-refractivity contribution in [2.45, 2.75) is 18.9 Å². The molecule has 1 atom stereocenters. The number of hydrogen-bond donors (Lipinski definition) is 3. The lowest BCUT2D eigenvalue weighted by atomic mass is 10.0. The summed E-state index contributed by atoms with van der Waals surface area (Å²) in [6, 6.07) is 13.5. The minimum absolute atomic E-state index is 0.106. The lowest BCUT2D eigenvalue weighted by molar-refractivity contribution is -0.139. The van der Waals surface area contributed by atoms with Crippen LogP contribution in [0.4, 0.5) is 0 Å². The van der Waals surface area contributed by atoms with Crippen LogP contribution in [-0.2, 0) is 11.2 Å². The Bertz CT molecular complexity index is 918. The summed E-state index contributed by atoms with van der Waals surface area (Å²) in [5, 5.41) is 14.0. The van der Waals surface area contributed by atoms with Gasteiger partial charge in [0.1, 0.15) is 6.04 Å². The van der Waals surface area contributed by atoms with Crippen LogP contribution in [0, 0.1) is 0 Å². The van der Waals surface area contributed by atoms with E-state index in [9.17, 15) is 14.7 Å². The average molecular weight is 371 g/mol. The van der Waals surface area contributed by atoms with Gasteiger partial charge in [0.25, 0.3) is 0 Å². The van der Waals surface area contributed by atoms with Gasteiger partial charge in [-0.2, -0.15) is 0 Å². The van der Waals surface area contributed by atoms with Gasteiger partial charge in [-0.15, -0.1) is 0 Å². The maximum Gasteiger partial charge on any atom is 0.321 e. The quantitative estimate of drug-likeness (QED) is 0.528. The van der Waals surface area contributed by atoms with E-state index in [4.69, 9.17) is 11.6 Å². The van der Waals surface area contributed by atoms with E-state index in [1.807, 2.05) is 30.5 Å². The maximum atomic E-state index is 12.3. The molecular formula is C20H19ClN2O3. The number of carbonyl (C=O) groups excluding carboxylic acids is 1. The van der Waals surface area contributed by atoms with Gasteiger partial charge in [-0.1, -0.05) is 29.8 Å². The first kappa shape index (κ1) is 18.2. The van der Waals surface area contributed by atoms with E-state index < -0.39 is 12.0 Å². The third kappa shape index (κ3) is 4.31. The standard InChI is InChI=1S/C20H19ClN2O3/c21-15-7-5-13(6-8-15)19(24)11-18(20(25)26)22-10-9-14-12-23-17-4-2-1-3-16(14)17/h1-8,12,18,22-23H,9-11H2,(H,25,26)/t18-/m0/s1. The number of rotatable bonds is 8. The number of hydrogen-bond acceptors (Lipinski definition) is 3. The summed E-state index contributed by atoms with van der Waals surface area (Å²) in [4.78, 5) is 27.0. The second kappa shape index (κ2) is 8.17. The van der Waals surface area contributed by atoms with Crippen LogP contribution >= 0.6 is 11.6 Å². The van der Waals surface area contributed by atoms with E-state index in [1.54, 1.807) is 24.3 Å². The highest BCUT2D eigenvalue weighted by Gasteiger charge is 2.21. The SMILES string of the molecule is O=C(C[C@H](NCCc1c[nH]c2ccccc12)C(=O)O)c1ccc(Cl)cc1. The van der Waals surface area contributed by atoms with E-state index in [0.717, 1.165) is 16.5 Å². The summed E-state index contributed by atoms with van der Waals surface area (Å²) >= 11 is 5.81. The Morgan fingerprint density at radius 1 is 1.12 bits per heavy atom. The largest absolute Gasteiger partial charge is 0.480 e. The van der Waals surface area contributed by atoms with Crippen LogP contribution in [0.3, 0.4) is 0 Å². The summed E-state index contributed by atoms with van der Waals surface area (Å²) in [5.41, 5.74) is 2.62. The first-order chi connectivity index (χ1) is 12.5. The fourth-order valence-electron chi connectivity index (χ4n) is 2.91. The van der Waals surface area contributed by atoms with E-state index in [2.05, 4.69) is 10.3 Å². The number of carboxylic acid groups (broad SMARTS) is 1. The molecule has 134 valence electrons. The second-order valence-electron chi connectivity index (χ2n) is 6.09. The number of aliphatic carboxylic acids is 1. The molecule has 0 aliphatic carbocycles. The Morgan fingerprint density at radius 3 is 2.58 bits per heavy atom. The molecule has 6 heteroatoms. The van der Waals surface area contributed by atoms with Crippen molar-refractivity contribution in [2.75, 3.05) is 6.54 Å². The predicted molar refractivity (Wildman–Crippen MR) is 102 cm³/mol. The fraction of sp³-hybridized carbons (Fsp3) is 0.200. The van der Waals surface area contributed by atoms with Gasteiger partial charge in [0.15, 0.2) is 5.78 Å². The Morgan fingerprint density at radius 2 is 1.85 bits per heavy atom. The normalized spacial score (nSPS) is 12.2. The van der Waals surface area contributed by atoms with Crippen LogP contribution in [0.25, 0.3) is 10.9 Å². The van der Waals surface area contributed by atoms with Crippen molar-refractivity contribution >= 4 is 34.3 Å². The summed E-state index contributed by atoms with van der Waals surface area (Å²) in [5.74, 6) is -1.26. The topological polar surface area (TPSA) is 82.2 Å². The van der Waals surface area contributed by atoms with Crippen molar-refractivity contribution in [2.24, 2.45) is 0 Å². The summed E-state index contributed by atoms with van der Waals surface area (Å²) in [6.07, 6.45) is 2.49. The molecule has 2 aromatic carbocycles. The molecule has 0 unspecified atom stereocenters. The smallest absolute Gasteiger partial charge is 0.321 e. The van der Waals surface area contributed by atoms with Crippen LogP contribution in [0.1, 0.15) is 22.3 Å². The van der Waals surface area contributed by atoms with Gasteiger partial charge >= 0.3 is 5.97 Å². The van der Waals surface area contributed by atoms with Crippen LogP contribution < -0.4 is 5.32 Å². The predicted octanol–water partition coefficient (Wildman–Crippen LogP) is 3.68. The highest BCUT2D eigenvalue weighted by molar-refractivity contribution is 6.30. The minimum Gasteiger partial charge on any atom is -0.480 e. The molecule has 1 aromatic heterocycles. The Hall–Kier alpha value is -2.63. The van der Waals surface area contributed by atoms with Crippen molar-refractivity contribution < 1.29 is 14.7 Å². The zero-order valence-corrected chi connectivity index (χ0v) is 14.8. The molecule has 3 N–H and O–H groups in total. The van der Waals surface area contributed by atoms with Gasteiger partial charge in [-0.05, 0) is 42.3 Å². The van der Waals surface area contributed by atoms with Crippen molar-refractivity contribution in [3.63, 3.8) is 0 Å². The maximum absolute atomic E-state index is 12.3. The van der Waals surface area contributed by atoms with Crippen LogP contribution in [0.5, 0.6) is 0 Å². The first-order valence-electron chi connectivity index (χ1n) is 8.34. The molecule has 0 radical (unpaired) electrons. The molecule has 0 bridgehead atoms. The Labute approximate surface area is 156 Å². The van der Waals surface area contributed by atoms with Crippen molar-refractivity contribution in [3.05, 3.63) is 70.9 Å². The van der Waals surface area contributed by atoms with Gasteiger partial charge in [-0.25, -0.2) is 0 Å². The van der Waals surface area contributed by atoms with E-state index in [-0.39, 0.29) is 12.2 Å². The van der Waals surface area contributed by atoms with Crippen molar-refractivity contribution in [1.29, 1.82) is 0 Å².